The molecule has 25 nitrogen and oxygen atoms in total. The van der Waals surface area contributed by atoms with Crippen molar-refractivity contribution >= 4 is 69.8 Å². The summed E-state index contributed by atoms with van der Waals surface area (Å²) in [5.74, 6) is -4.84. The molecule has 0 unspecified atom stereocenters. The SMILES string of the molecule is CC[C@H](C)[C@H](CC(=O)[C@H]1CCCCN1C)C(=O)N(CCOC)[C@H](C[C@@H](OCOC)c1nc(C(=O)N[C@@H](Cc2ccc(F)cc2)C[C@H](C)C(=O)O)cs1)C(C)C.CC[C@H](C)[C@H](CC(=O)[C@H]1CCCCN1C)C(=O)N(CCOC)[C@H](C[C@@H](OCOC)c1nc(C(=O)N[C@@H](Cc2ccc(OC)cc2)C[C@H](C)C(=O)O)cs1)C(C)C. The highest BCUT2D eigenvalue weighted by Gasteiger charge is 2.42. The second-order valence-corrected chi connectivity index (χ2v) is 32.7. The summed E-state index contributed by atoms with van der Waals surface area (Å²) in [5, 5.41) is 29.6. The van der Waals surface area contributed by atoms with Crippen molar-refractivity contribution in [3.8, 4) is 5.75 Å². The lowest BCUT2D eigenvalue weighted by atomic mass is 9.82. The number of likely N-dealkylation sites (N-methyl/N-ethyl adjacent to an activating group) is 2. The Bertz CT molecular complexity index is 3470. The molecule has 0 spiro atoms. The molecule has 4 amide bonds. The highest BCUT2D eigenvalue weighted by atomic mass is 32.1. The molecular weight excluding hydrogens is 1460 g/mol. The maximum Gasteiger partial charge on any atom is 0.306 e. The summed E-state index contributed by atoms with van der Waals surface area (Å²) in [5.41, 5.74) is 2.02. The average Bonchev–Trinajstić information content (AvgIpc) is 1.77. The summed E-state index contributed by atoms with van der Waals surface area (Å²) in [4.78, 5) is 125. The summed E-state index contributed by atoms with van der Waals surface area (Å²) < 4.78 is 52.8. The number of nitrogens with one attached hydrogen (secondary N) is 2. The number of carboxylic acids is 2. The van der Waals surface area contributed by atoms with E-state index in [2.05, 4.69) is 53.1 Å². The van der Waals surface area contributed by atoms with Gasteiger partial charge >= 0.3 is 11.9 Å². The Hall–Kier alpha value is -6.73. The molecule has 4 aromatic rings. The number of piperidine rings is 2. The largest absolute Gasteiger partial charge is 0.497 e. The number of ether oxygens (including phenoxy) is 7. The minimum Gasteiger partial charge on any atom is -0.497 e. The highest BCUT2D eigenvalue weighted by molar-refractivity contribution is 7.10. The van der Waals surface area contributed by atoms with E-state index < -0.39 is 71.7 Å². The molecule has 0 radical (unpaired) electrons. The van der Waals surface area contributed by atoms with Crippen molar-refractivity contribution in [3.05, 3.63) is 97.6 Å². The van der Waals surface area contributed by atoms with Crippen LogP contribution in [0.5, 0.6) is 5.75 Å². The van der Waals surface area contributed by atoms with Crippen LogP contribution in [0, 0.1) is 53.2 Å². The number of benzene rings is 2. The minimum absolute atomic E-state index is 0.000109. The number of aliphatic carboxylic acids is 2. The van der Waals surface area contributed by atoms with E-state index in [1.807, 2.05) is 75.9 Å². The van der Waals surface area contributed by atoms with E-state index >= 15 is 0 Å². The molecule has 2 aromatic carbocycles. The van der Waals surface area contributed by atoms with Crippen molar-refractivity contribution in [1.82, 2.24) is 40.2 Å². The number of rotatable bonds is 49. The van der Waals surface area contributed by atoms with Crippen LogP contribution in [-0.4, -0.2) is 226 Å². The van der Waals surface area contributed by atoms with Gasteiger partial charge < -0.3 is 63.8 Å². The van der Waals surface area contributed by atoms with Gasteiger partial charge in [0.15, 0.2) is 11.6 Å². The molecule has 28 heteroatoms. The Morgan fingerprint density at radius 3 is 1.25 bits per heavy atom. The van der Waals surface area contributed by atoms with Gasteiger partial charge in [0.1, 0.15) is 58.8 Å². The van der Waals surface area contributed by atoms with Crippen LogP contribution >= 0.6 is 22.7 Å². The highest BCUT2D eigenvalue weighted by Crippen LogP contribution is 2.37. The number of aromatic nitrogens is 2. The number of carbonyl (C=O) groups is 8. The number of nitrogens with zero attached hydrogens (tertiary/aromatic N) is 6. The van der Waals surface area contributed by atoms with Gasteiger partial charge in [-0.1, -0.05) is 119 Å². The zero-order valence-electron chi connectivity index (χ0n) is 68.9. The van der Waals surface area contributed by atoms with Crippen LogP contribution in [0.2, 0.25) is 0 Å². The molecule has 0 bridgehead atoms. The van der Waals surface area contributed by atoms with E-state index in [9.17, 15) is 53.0 Å². The molecule has 2 aliphatic heterocycles. The Morgan fingerprint density at radius 1 is 0.550 bits per heavy atom. The van der Waals surface area contributed by atoms with Gasteiger partial charge in [0, 0.05) is 114 Å². The third-order valence-corrected chi connectivity index (χ3v) is 23.8. The standard InChI is InChI=1S/C42H66N4O9S.C41H63FN4O8S/c1-10-28(4)33(23-37(47)35-13-11-12-18-45(35)6)41(49)46(19-20-52-7)36(27(2)3)24-38(55-26-53-8)40-44-34(25-56-40)39(48)43-31(21-29(5)42(50)51)22-30-14-16-32(54-9)17-15-30;1-9-27(4)32(22-36(47)34-12-10-11-17-45(34)6)40(49)46(18-19-52-7)35(26(2)3)23-37(54-25-53-8)39-44-33(24-55-39)38(48)43-31(20-28(5)41(50)51)21-29-13-15-30(42)16-14-29/h14-17,25,27-29,31,33,35-36,38H,10-13,18-24,26H2,1-9H3,(H,43,48)(H,50,51);13-16,24,26-28,31-32,34-35,37H,9-12,17-23,25H2,1-8H3,(H,43,48)(H,50,51)/t28-,29-,31+,33-,35+,36+,38+;27-,28-,31+,32-,34+,35+,37+/m00/s1. The number of ketones is 2. The van der Waals surface area contributed by atoms with E-state index in [-0.39, 0.29) is 128 Å². The molecule has 2 aromatic heterocycles. The van der Waals surface area contributed by atoms with Crippen LogP contribution in [0.25, 0.3) is 0 Å². The van der Waals surface area contributed by atoms with E-state index in [0.717, 1.165) is 75.6 Å². The monoisotopic (exact) mass is 1590 g/mol. The number of Topliss-reactive ketones (excluding diaryl/α,β-unsaturated/α-hetero) is 2. The number of hydrogen-bond donors (Lipinski definition) is 4. The zero-order chi connectivity index (χ0) is 82.0. The number of hydrogen-bond acceptors (Lipinski definition) is 21. The molecule has 111 heavy (non-hydrogen) atoms. The van der Waals surface area contributed by atoms with Crippen LogP contribution in [0.3, 0.4) is 0 Å². The van der Waals surface area contributed by atoms with Crippen LogP contribution < -0.4 is 15.4 Å². The zero-order valence-corrected chi connectivity index (χ0v) is 70.5. The maximum atomic E-state index is 14.7. The van der Waals surface area contributed by atoms with Crippen molar-refractivity contribution in [2.75, 3.05) is 103 Å². The molecule has 2 aliphatic rings. The van der Waals surface area contributed by atoms with Gasteiger partial charge in [0.2, 0.25) is 11.8 Å². The van der Waals surface area contributed by atoms with Crippen LogP contribution in [0.15, 0.2) is 59.3 Å². The first-order valence-corrected chi connectivity index (χ1v) is 41.3. The first kappa shape index (κ1) is 94.9. The third kappa shape index (κ3) is 30.2. The lowest BCUT2D eigenvalue weighted by Gasteiger charge is -2.40. The number of methoxy groups -OCH3 is 5. The molecule has 14 atom stereocenters. The predicted octanol–water partition coefficient (Wildman–Crippen LogP) is 12.7. The van der Waals surface area contributed by atoms with Crippen molar-refractivity contribution in [2.45, 2.75) is 220 Å². The molecule has 4 heterocycles. The van der Waals surface area contributed by atoms with Crippen molar-refractivity contribution in [2.24, 2.45) is 47.3 Å². The second kappa shape index (κ2) is 49.1. The summed E-state index contributed by atoms with van der Waals surface area (Å²) >= 11 is 2.54. The number of thiazole rings is 2. The first-order valence-electron chi connectivity index (χ1n) is 39.6. The first-order chi connectivity index (χ1) is 52.9. The fourth-order valence-electron chi connectivity index (χ4n) is 14.7. The quantitative estimate of drug-likeness (QED) is 0.0299. The lowest BCUT2D eigenvalue weighted by molar-refractivity contribution is -0.147. The number of amides is 4. The number of likely N-dealkylation sites (tertiary alicyclic amines) is 2. The molecule has 4 N–H and O–H groups in total. The summed E-state index contributed by atoms with van der Waals surface area (Å²) in [6.07, 6.45) is 8.23. The van der Waals surface area contributed by atoms with Crippen LogP contribution in [0.1, 0.15) is 213 Å². The van der Waals surface area contributed by atoms with Crippen molar-refractivity contribution in [3.63, 3.8) is 0 Å². The average molecular weight is 1590 g/mol. The molecule has 6 rings (SSSR count). The summed E-state index contributed by atoms with van der Waals surface area (Å²) in [6, 6.07) is 11.3. The van der Waals surface area contributed by atoms with Gasteiger partial charge in [-0.3, -0.25) is 48.2 Å². The van der Waals surface area contributed by atoms with Gasteiger partial charge in [0.05, 0.1) is 44.2 Å². The molecular formula is C83H129FN8O17S2. The Labute approximate surface area is 666 Å². The van der Waals surface area contributed by atoms with Crippen molar-refractivity contribution in [1.29, 1.82) is 0 Å². The van der Waals surface area contributed by atoms with Crippen LogP contribution in [-0.2, 0) is 70.0 Å². The number of carbonyl (C=O) groups excluding carboxylic acids is 6. The Kier molecular flexibility index (Phi) is 42.0. The summed E-state index contributed by atoms with van der Waals surface area (Å²) in [6.45, 7) is 22.6. The smallest absolute Gasteiger partial charge is 0.306 e. The van der Waals surface area contributed by atoms with Gasteiger partial charge in [-0.05, 0) is 138 Å². The van der Waals surface area contributed by atoms with Crippen molar-refractivity contribution < 1.29 is 86.1 Å². The molecule has 2 fully saturated rings. The van der Waals surface area contributed by atoms with E-state index in [4.69, 9.17) is 38.1 Å². The van der Waals surface area contributed by atoms with Gasteiger partial charge in [0.25, 0.3) is 11.8 Å². The fraction of sp³-hybridized carbons (Fsp3) is 0.687. The Balaban J connectivity index is 0.000000397. The van der Waals surface area contributed by atoms with E-state index in [1.54, 1.807) is 58.1 Å². The normalized spacial score (nSPS) is 18.2. The van der Waals surface area contributed by atoms with Gasteiger partial charge in [-0.2, -0.15) is 0 Å². The van der Waals surface area contributed by atoms with E-state index in [0.29, 0.717) is 67.8 Å². The number of halogens is 1. The fourth-order valence-corrected chi connectivity index (χ4v) is 16.4. The topological polar surface area (TPSA) is 304 Å². The van der Waals surface area contributed by atoms with Gasteiger partial charge in [-0.15, -0.1) is 22.7 Å². The maximum absolute atomic E-state index is 14.7. The number of carboxylic acid groups (broad SMARTS) is 2. The predicted molar refractivity (Wildman–Crippen MR) is 427 cm³/mol. The lowest BCUT2D eigenvalue weighted by Crippen LogP contribution is -2.50. The summed E-state index contributed by atoms with van der Waals surface area (Å²) in [7, 11) is 11.8. The molecule has 622 valence electrons. The molecule has 2 saturated heterocycles. The Morgan fingerprint density at radius 2 is 0.928 bits per heavy atom. The van der Waals surface area contributed by atoms with Gasteiger partial charge in [-0.25, -0.2) is 14.4 Å². The third-order valence-electron chi connectivity index (χ3n) is 22.0. The second-order valence-electron chi connectivity index (χ2n) is 30.9. The minimum atomic E-state index is -0.982. The van der Waals surface area contributed by atoms with Crippen LogP contribution in [0.4, 0.5) is 4.39 Å². The van der Waals surface area contributed by atoms with E-state index in [1.165, 1.54) is 49.0 Å². The molecule has 0 aliphatic carbocycles. The molecule has 0 saturated carbocycles.